The largest absolute Gasteiger partial charge is 0.373 e. The maximum atomic E-state index is 13.8. The van der Waals surface area contributed by atoms with Gasteiger partial charge in [-0.1, -0.05) is 42.0 Å². The molecule has 1 aliphatic carbocycles. The van der Waals surface area contributed by atoms with Crippen molar-refractivity contribution in [3.63, 3.8) is 0 Å². The summed E-state index contributed by atoms with van der Waals surface area (Å²) in [4.78, 5) is 11.6. The Hall–Kier alpha value is -4.63. The molecule has 4 aliphatic heterocycles. The van der Waals surface area contributed by atoms with E-state index in [0.717, 1.165) is 73.1 Å². The molecule has 9 heteroatoms. The Morgan fingerprint density at radius 3 is 2.68 bits per heavy atom. The van der Waals surface area contributed by atoms with Crippen LogP contribution in [-0.4, -0.2) is 53.9 Å². The number of rotatable bonds is 5. The summed E-state index contributed by atoms with van der Waals surface area (Å²) in [6, 6.07) is 15.1. The molecule has 0 saturated carbocycles. The molecule has 1 atom stereocenters. The van der Waals surface area contributed by atoms with Crippen molar-refractivity contribution in [2.75, 3.05) is 31.5 Å². The standard InChI is InChI=1S/C35H31F3N6/c1-20-12-21(18-44-11-9-35(37,38)19-44)14-23(13-20)24-15-28-27(8-10-39-33(28)40-16-24)34-41-17-29-26(22-2-4-25(36)5-3-22)6-7-30-32(42-30)31(29)43-34/h2-8,12-16,32,42H,9-11,17-19H2,1H3,(H,39,40)(H,41,43). The Bertz CT molecular complexity index is 1850. The molecule has 44 heavy (non-hydrogen) atoms. The van der Waals surface area contributed by atoms with E-state index in [4.69, 9.17) is 9.98 Å². The highest BCUT2D eigenvalue weighted by Gasteiger charge is 2.39. The first-order valence-electron chi connectivity index (χ1n) is 14.9. The molecule has 2 fully saturated rings. The van der Waals surface area contributed by atoms with Gasteiger partial charge in [-0.25, -0.2) is 18.2 Å². The molecule has 3 aromatic rings. The summed E-state index contributed by atoms with van der Waals surface area (Å²) in [7, 11) is 0. The van der Waals surface area contributed by atoms with Gasteiger partial charge in [-0.2, -0.15) is 0 Å². The lowest BCUT2D eigenvalue weighted by Crippen LogP contribution is -2.34. The van der Waals surface area contributed by atoms with Crippen LogP contribution in [0.1, 0.15) is 28.7 Å². The monoisotopic (exact) mass is 592 g/mol. The minimum Gasteiger partial charge on any atom is -0.373 e. The first-order chi connectivity index (χ1) is 21.3. The number of nitrogens with one attached hydrogen (secondary N) is 3. The molecule has 2 aromatic carbocycles. The van der Waals surface area contributed by atoms with Crippen LogP contribution in [0.15, 0.2) is 94.9 Å². The number of aryl methyl sites for hydroxylation is 1. The number of nitrogens with zero attached hydrogens (tertiary/aromatic N) is 3. The van der Waals surface area contributed by atoms with Gasteiger partial charge in [0, 0.05) is 60.2 Å². The number of anilines is 1. The van der Waals surface area contributed by atoms with Gasteiger partial charge < -0.3 is 16.0 Å². The number of likely N-dealkylation sites (tertiary alicyclic amines) is 1. The summed E-state index contributed by atoms with van der Waals surface area (Å²) in [5, 5.41) is 10.5. The Balaban J connectivity index is 1.09. The minimum atomic E-state index is -2.61. The molecule has 1 unspecified atom stereocenters. The van der Waals surface area contributed by atoms with Gasteiger partial charge in [0.25, 0.3) is 5.92 Å². The molecule has 1 aromatic heterocycles. The molecule has 3 N–H and O–H groups in total. The van der Waals surface area contributed by atoms with Crippen molar-refractivity contribution in [1.82, 2.24) is 20.5 Å². The fourth-order valence-corrected chi connectivity index (χ4v) is 6.66. The van der Waals surface area contributed by atoms with Crippen molar-refractivity contribution in [3.05, 3.63) is 118 Å². The van der Waals surface area contributed by atoms with E-state index in [2.05, 4.69) is 58.4 Å². The van der Waals surface area contributed by atoms with Crippen LogP contribution in [0.5, 0.6) is 0 Å². The number of pyridine rings is 1. The Labute approximate surface area is 253 Å². The number of fused-ring (bicyclic) bond motifs is 3. The fourth-order valence-electron chi connectivity index (χ4n) is 6.66. The Morgan fingerprint density at radius 2 is 1.86 bits per heavy atom. The van der Waals surface area contributed by atoms with E-state index in [1.165, 1.54) is 12.1 Å². The van der Waals surface area contributed by atoms with Crippen molar-refractivity contribution in [1.29, 1.82) is 0 Å². The van der Waals surface area contributed by atoms with Gasteiger partial charge in [-0.05, 0) is 59.5 Å². The number of benzene rings is 2. The van der Waals surface area contributed by atoms with Gasteiger partial charge >= 0.3 is 0 Å². The average molecular weight is 593 g/mol. The third kappa shape index (κ3) is 5.01. The molecule has 222 valence electrons. The molecule has 5 aliphatic rings. The maximum absolute atomic E-state index is 13.8. The highest BCUT2D eigenvalue weighted by atomic mass is 19.3. The number of alkyl halides is 2. The Kier molecular flexibility index (Phi) is 6.27. The quantitative estimate of drug-likeness (QED) is 0.315. The van der Waals surface area contributed by atoms with Crippen molar-refractivity contribution in [2.24, 2.45) is 4.99 Å². The number of hydrogen-bond donors (Lipinski definition) is 3. The molecule has 8 rings (SSSR count). The topological polar surface area (TPSA) is 74.5 Å². The van der Waals surface area contributed by atoms with Gasteiger partial charge in [0.15, 0.2) is 0 Å². The molecule has 0 bridgehead atoms. The van der Waals surface area contributed by atoms with E-state index < -0.39 is 5.92 Å². The molecular weight excluding hydrogens is 561 g/mol. The van der Waals surface area contributed by atoms with E-state index in [1.54, 1.807) is 0 Å². The Morgan fingerprint density at radius 1 is 1.00 bits per heavy atom. The zero-order valence-corrected chi connectivity index (χ0v) is 24.2. The van der Waals surface area contributed by atoms with Gasteiger partial charge in [-0.15, -0.1) is 0 Å². The van der Waals surface area contributed by atoms with Crippen LogP contribution < -0.4 is 16.0 Å². The number of aromatic nitrogens is 1. The van der Waals surface area contributed by atoms with E-state index in [-0.39, 0.29) is 24.8 Å². The lowest BCUT2D eigenvalue weighted by molar-refractivity contribution is 0.0115. The van der Waals surface area contributed by atoms with Crippen LogP contribution >= 0.6 is 0 Å². The van der Waals surface area contributed by atoms with Crippen LogP contribution in [0, 0.1) is 12.7 Å². The van der Waals surface area contributed by atoms with Crippen LogP contribution in [0.3, 0.4) is 0 Å². The summed E-state index contributed by atoms with van der Waals surface area (Å²) in [5.41, 5.74) is 11.3. The van der Waals surface area contributed by atoms with Crippen molar-refractivity contribution >= 4 is 22.8 Å². The molecule has 0 spiro atoms. The van der Waals surface area contributed by atoms with Crippen LogP contribution in [0.25, 0.3) is 22.3 Å². The predicted molar refractivity (Wildman–Crippen MR) is 168 cm³/mol. The molecule has 0 amide bonds. The molecule has 6 nitrogen and oxygen atoms in total. The third-order valence-corrected chi connectivity index (χ3v) is 8.84. The summed E-state index contributed by atoms with van der Waals surface area (Å²) in [5.74, 6) is -1.29. The zero-order chi connectivity index (χ0) is 30.0. The second kappa shape index (κ2) is 10.2. The maximum Gasteiger partial charge on any atom is 0.261 e. The first-order valence-corrected chi connectivity index (χ1v) is 14.9. The first kappa shape index (κ1) is 27.0. The second-order valence-corrected chi connectivity index (χ2v) is 12.1. The second-order valence-electron chi connectivity index (χ2n) is 12.1. The molecule has 2 saturated heterocycles. The number of amidine groups is 1. The molecule has 0 radical (unpaired) electrons. The van der Waals surface area contributed by atoms with Crippen molar-refractivity contribution < 1.29 is 13.2 Å². The van der Waals surface area contributed by atoms with Gasteiger partial charge in [0.2, 0.25) is 0 Å². The summed E-state index contributed by atoms with van der Waals surface area (Å²) < 4.78 is 41.3. The number of allylic oxidation sites excluding steroid dienone is 2. The predicted octanol–water partition coefficient (Wildman–Crippen LogP) is 6.05. The van der Waals surface area contributed by atoms with E-state index in [0.29, 0.717) is 26.2 Å². The molecular formula is C35H31F3N6. The zero-order valence-electron chi connectivity index (χ0n) is 24.2. The third-order valence-electron chi connectivity index (χ3n) is 8.84. The average Bonchev–Trinajstić information content (AvgIpc) is 3.73. The van der Waals surface area contributed by atoms with Crippen LogP contribution in [0.4, 0.5) is 19.0 Å². The minimum absolute atomic E-state index is 0.0862. The number of hydrogen-bond acceptors (Lipinski definition) is 6. The summed E-state index contributed by atoms with van der Waals surface area (Å²) in [6.45, 7) is 3.85. The van der Waals surface area contributed by atoms with Gasteiger partial charge in [0.1, 0.15) is 23.5 Å². The van der Waals surface area contributed by atoms with E-state index in [9.17, 15) is 13.2 Å². The van der Waals surface area contributed by atoms with Crippen molar-refractivity contribution in [3.8, 4) is 11.1 Å². The highest BCUT2D eigenvalue weighted by molar-refractivity contribution is 6.25. The number of aliphatic imine (C=N–C) groups is 1. The number of halogens is 3. The van der Waals surface area contributed by atoms with Crippen LogP contribution in [-0.2, 0) is 6.54 Å². The van der Waals surface area contributed by atoms with E-state index in [1.807, 2.05) is 30.2 Å². The lowest BCUT2D eigenvalue weighted by atomic mass is 9.93. The van der Waals surface area contributed by atoms with Gasteiger partial charge in [0.05, 0.1) is 18.8 Å². The SMILES string of the molecule is Cc1cc(CN2CCC(F)(F)C2)cc(-c2cnc3c(c2)C(C2=NCC4=C(N2)C2NC2=CC=C4c2ccc(F)cc2)=CCN3)c1. The summed E-state index contributed by atoms with van der Waals surface area (Å²) in [6.07, 6.45) is 8.08. The fraction of sp³-hybridized carbons (Fsp3) is 0.257. The smallest absolute Gasteiger partial charge is 0.261 e. The molecule has 5 heterocycles. The lowest BCUT2D eigenvalue weighted by Gasteiger charge is -2.27. The van der Waals surface area contributed by atoms with Gasteiger partial charge in [-0.3, -0.25) is 9.89 Å². The highest BCUT2D eigenvalue weighted by Crippen LogP contribution is 2.39. The normalized spacial score (nSPS) is 21.7. The summed E-state index contributed by atoms with van der Waals surface area (Å²) >= 11 is 0. The van der Waals surface area contributed by atoms with E-state index >= 15 is 0 Å². The van der Waals surface area contributed by atoms with Crippen molar-refractivity contribution in [2.45, 2.75) is 31.9 Å². The van der Waals surface area contributed by atoms with Crippen LogP contribution in [0.2, 0.25) is 0 Å².